The summed E-state index contributed by atoms with van der Waals surface area (Å²) in [4.78, 5) is 4.81. The van der Waals surface area contributed by atoms with Gasteiger partial charge in [-0.25, -0.2) is 4.98 Å². The number of rotatable bonds is 4. The molecule has 0 atom stereocenters. The Labute approximate surface area is 119 Å². The van der Waals surface area contributed by atoms with Gasteiger partial charge in [0.1, 0.15) is 11.3 Å². The molecule has 1 N–H and O–H groups in total. The molecule has 0 saturated heterocycles. The van der Waals surface area contributed by atoms with Crippen LogP contribution in [0.3, 0.4) is 0 Å². The minimum atomic E-state index is 0.640. The summed E-state index contributed by atoms with van der Waals surface area (Å²) in [6.07, 6.45) is 1.95. The van der Waals surface area contributed by atoms with Crippen molar-refractivity contribution in [3.8, 4) is 5.75 Å². The smallest absolute Gasteiger partial charge is 0.145 e. The SMILES string of the molecule is CCCNc1c2c(nc3c(OC)cccc13)CCOC2. The van der Waals surface area contributed by atoms with Crippen molar-refractivity contribution in [3.05, 3.63) is 29.5 Å². The van der Waals surface area contributed by atoms with Crippen LogP contribution in [-0.2, 0) is 17.8 Å². The highest BCUT2D eigenvalue weighted by Gasteiger charge is 2.19. The van der Waals surface area contributed by atoms with E-state index in [2.05, 4.69) is 18.3 Å². The monoisotopic (exact) mass is 272 g/mol. The molecule has 106 valence electrons. The molecule has 0 fully saturated rings. The van der Waals surface area contributed by atoms with Crippen LogP contribution in [0.5, 0.6) is 5.75 Å². The lowest BCUT2D eigenvalue weighted by molar-refractivity contribution is 0.110. The van der Waals surface area contributed by atoms with E-state index in [0.717, 1.165) is 54.0 Å². The van der Waals surface area contributed by atoms with E-state index < -0.39 is 0 Å². The topological polar surface area (TPSA) is 43.4 Å². The molecular weight excluding hydrogens is 252 g/mol. The third-order valence-electron chi connectivity index (χ3n) is 3.67. The zero-order valence-electron chi connectivity index (χ0n) is 12.0. The number of nitrogens with one attached hydrogen (secondary N) is 1. The molecular formula is C16H20N2O2. The van der Waals surface area contributed by atoms with E-state index in [1.807, 2.05) is 12.1 Å². The average molecular weight is 272 g/mol. The highest BCUT2D eigenvalue weighted by atomic mass is 16.5. The molecule has 1 aromatic heterocycles. The van der Waals surface area contributed by atoms with Crippen molar-refractivity contribution in [1.82, 2.24) is 4.98 Å². The fourth-order valence-corrected chi connectivity index (χ4v) is 2.67. The van der Waals surface area contributed by atoms with E-state index >= 15 is 0 Å². The van der Waals surface area contributed by atoms with E-state index in [0.29, 0.717) is 6.61 Å². The van der Waals surface area contributed by atoms with Crippen LogP contribution in [0.1, 0.15) is 24.6 Å². The van der Waals surface area contributed by atoms with Crippen molar-refractivity contribution in [3.63, 3.8) is 0 Å². The van der Waals surface area contributed by atoms with Gasteiger partial charge in [-0.1, -0.05) is 19.1 Å². The molecule has 4 nitrogen and oxygen atoms in total. The van der Waals surface area contributed by atoms with Crippen molar-refractivity contribution in [2.24, 2.45) is 0 Å². The van der Waals surface area contributed by atoms with Gasteiger partial charge in [-0.2, -0.15) is 0 Å². The Balaban J connectivity index is 2.24. The Morgan fingerprint density at radius 2 is 2.30 bits per heavy atom. The summed E-state index contributed by atoms with van der Waals surface area (Å²) in [5.41, 5.74) is 4.43. The van der Waals surface area contributed by atoms with Crippen LogP contribution >= 0.6 is 0 Å². The third-order valence-corrected chi connectivity index (χ3v) is 3.67. The largest absolute Gasteiger partial charge is 0.494 e. The van der Waals surface area contributed by atoms with Crippen LogP contribution in [0.4, 0.5) is 5.69 Å². The lowest BCUT2D eigenvalue weighted by atomic mass is 10.0. The number of pyridine rings is 1. The highest BCUT2D eigenvalue weighted by molar-refractivity contribution is 5.96. The molecule has 1 aliphatic rings. The molecule has 0 amide bonds. The second kappa shape index (κ2) is 5.67. The molecule has 0 unspecified atom stereocenters. The third kappa shape index (κ3) is 2.20. The maximum absolute atomic E-state index is 5.61. The zero-order chi connectivity index (χ0) is 13.9. The van der Waals surface area contributed by atoms with E-state index in [1.54, 1.807) is 7.11 Å². The maximum atomic E-state index is 5.61. The van der Waals surface area contributed by atoms with Crippen LogP contribution in [0.2, 0.25) is 0 Å². The molecule has 0 aliphatic carbocycles. The van der Waals surface area contributed by atoms with Gasteiger partial charge >= 0.3 is 0 Å². The van der Waals surface area contributed by atoms with Gasteiger partial charge in [0.25, 0.3) is 0 Å². The van der Waals surface area contributed by atoms with Gasteiger partial charge in [0.15, 0.2) is 0 Å². The summed E-state index contributed by atoms with van der Waals surface area (Å²) in [6, 6.07) is 6.07. The molecule has 0 spiro atoms. The summed E-state index contributed by atoms with van der Waals surface area (Å²) in [7, 11) is 1.69. The van der Waals surface area contributed by atoms with Crippen LogP contribution in [0, 0.1) is 0 Å². The summed E-state index contributed by atoms with van der Waals surface area (Å²) in [6.45, 7) is 4.50. The first-order chi connectivity index (χ1) is 9.85. The molecule has 2 aromatic rings. The predicted octanol–water partition coefficient (Wildman–Crippen LogP) is 3.14. The fraction of sp³-hybridized carbons (Fsp3) is 0.438. The van der Waals surface area contributed by atoms with E-state index in [9.17, 15) is 0 Å². The van der Waals surface area contributed by atoms with Gasteiger partial charge < -0.3 is 14.8 Å². The molecule has 0 bridgehead atoms. The normalized spacial score (nSPS) is 14.1. The zero-order valence-corrected chi connectivity index (χ0v) is 12.0. The number of anilines is 1. The number of aromatic nitrogens is 1. The van der Waals surface area contributed by atoms with E-state index in [-0.39, 0.29) is 0 Å². The molecule has 2 heterocycles. The average Bonchev–Trinajstić information content (AvgIpc) is 2.51. The second-order valence-corrected chi connectivity index (χ2v) is 5.00. The fourth-order valence-electron chi connectivity index (χ4n) is 2.67. The minimum absolute atomic E-state index is 0.640. The number of nitrogens with zero attached hydrogens (tertiary/aromatic N) is 1. The van der Waals surface area contributed by atoms with Gasteiger partial charge in [-0.05, 0) is 12.5 Å². The number of ether oxygens (including phenoxy) is 2. The lowest BCUT2D eigenvalue weighted by Gasteiger charge is -2.22. The van der Waals surface area contributed by atoms with Crippen molar-refractivity contribution >= 4 is 16.6 Å². The number of hydrogen-bond acceptors (Lipinski definition) is 4. The number of benzene rings is 1. The molecule has 20 heavy (non-hydrogen) atoms. The van der Waals surface area contributed by atoms with Crippen LogP contribution in [0.25, 0.3) is 10.9 Å². The molecule has 4 heteroatoms. The van der Waals surface area contributed by atoms with Crippen molar-refractivity contribution in [2.75, 3.05) is 25.6 Å². The van der Waals surface area contributed by atoms with Crippen molar-refractivity contribution in [1.29, 1.82) is 0 Å². The summed E-state index contributed by atoms with van der Waals surface area (Å²) < 4.78 is 11.1. The number of hydrogen-bond donors (Lipinski definition) is 1. The van der Waals surface area contributed by atoms with Gasteiger partial charge in [0.2, 0.25) is 0 Å². The number of methoxy groups -OCH3 is 1. The summed E-state index contributed by atoms with van der Waals surface area (Å²) >= 11 is 0. The van der Waals surface area contributed by atoms with E-state index in [1.165, 1.54) is 5.56 Å². The Kier molecular flexibility index (Phi) is 3.74. The van der Waals surface area contributed by atoms with Crippen molar-refractivity contribution < 1.29 is 9.47 Å². The first-order valence-corrected chi connectivity index (χ1v) is 7.15. The molecule has 0 saturated carbocycles. The minimum Gasteiger partial charge on any atom is -0.494 e. The number of para-hydroxylation sites is 1. The van der Waals surface area contributed by atoms with Gasteiger partial charge in [-0.3, -0.25) is 0 Å². The Bertz CT molecular complexity index is 625. The summed E-state index contributed by atoms with van der Waals surface area (Å²) in [5.74, 6) is 0.830. The predicted molar refractivity (Wildman–Crippen MR) is 80.4 cm³/mol. The first kappa shape index (κ1) is 13.2. The van der Waals surface area contributed by atoms with Crippen molar-refractivity contribution in [2.45, 2.75) is 26.4 Å². The lowest BCUT2D eigenvalue weighted by Crippen LogP contribution is -2.16. The maximum Gasteiger partial charge on any atom is 0.145 e. The summed E-state index contributed by atoms with van der Waals surface area (Å²) in [5, 5.41) is 4.65. The van der Waals surface area contributed by atoms with Crippen LogP contribution in [-0.4, -0.2) is 25.2 Å². The Morgan fingerprint density at radius 1 is 1.40 bits per heavy atom. The molecule has 1 aromatic carbocycles. The van der Waals surface area contributed by atoms with E-state index in [4.69, 9.17) is 14.5 Å². The quantitative estimate of drug-likeness (QED) is 0.928. The van der Waals surface area contributed by atoms with Crippen LogP contribution < -0.4 is 10.1 Å². The highest BCUT2D eigenvalue weighted by Crippen LogP contribution is 2.35. The molecule has 1 aliphatic heterocycles. The van der Waals surface area contributed by atoms with Crippen LogP contribution in [0.15, 0.2) is 18.2 Å². The Morgan fingerprint density at radius 3 is 3.10 bits per heavy atom. The standard InChI is InChI=1S/C16H20N2O2/c1-3-8-17-15-11-5-4-6-14(19-2)16(11)18-13-7-9-20-10-12(13)15/h4-6H,3,7-10H2,1-2H3,(H,17,18). The van der Waals surface area contributed by atoms with Gasteiger partial charge in [0.05, 0.1) is 31.7 Å². The first-order valence-electron chi connectivity index (χ1n) is 7.15. The number of fused-ring (bicyclic) bond motifs is 2. The molecule has 3 rings (SSSR count). The van der Waals surface area contributed by atoms with Gasteiger partial charge in [0, 0.05) is 23.9 Å². The second-order valence-electron chi connectivity index (χ2n) is 5.00. The van der Waals surface area contributed by atoms with Gasteiger partial charge in [-0.15, -0.1) is 0 Å². The molecule has 0 radical (unpaired) electrons. The Hall–Kier alpha value is -1.81.